The van der Waals surface area contributed by atoms with E-state index in [2.05, 4.69) is 22.6 Å². The Bertz CT molecular complexity index is 438. The number of ether oxygens (including phenoxy) is 2. The highest BCUT2D eigenvalue weighted by atomic mass is 127. The topological polar surface area (TPSA) is 35.5 Å². The lowest BCUT2D eigenvalue weighted by atomic mass is 10.1. The van der Waals surface area contributed by atoms with Gasteiger partial charge in [0.2, 0.25) is 0 Å². The molecular formula is C11H9IO3. The molecule has 0 aromatic heterocycles. The average molecular weight is 316 g/mol. The molecule has 0 fully saturated rings. The van der Waals surface area contributed by atoms with Gasteiger partial charge in [0.05, 0.1) is 7.11 Å². The Morgan fingerprint density at radius 3 is 3.07 bits per heavy atom. The van der Waals surface area contributed by atoms with Crippen LogP contribution in [0, 0.1) is 3.57 Å². The van der Waals surface area contributed by atoms with Gasteiger partial charge in [0.25, 0.3) is 0 Å². The second kappa shape index (κ2) is 4.22. The summed E-state index contributed by atoms with van der Waals surface area (Å²) in [6.45, 7) is 0.498. The molecule has 4 heteroatoms. The molecule has 0 unspecified atom stereocenters. The fourth-order valence-electron chi connectivity index (χ4n) is 1.47. The summed E-state index contributed by atoms with van der Waals surface area (Å²) in [6, 6.07) is 3.74. The van der Waals surface area contributed by atoms with Gasteiger partial charge < -0.3 is 9.47 Å². The molecule has 0 spiro atoms. The van der Waals surface area contributed by atoms with E-state index in [-0.39, 0.29) is 5.97 Å². The lowest BCUT2D eigenvalue weighted by molar-refractivity contribution is 0.0596. The van der Waals surface area contributed by atoms with Gasteiger partial charge in [0, 0.05) is 9.13 Å². The summed E-state index contributed by atoms with van der Waals surface area (Å²) in [6.07, 6.45) is 3.87. The van der Waals surface area contributed by atoms with Crippen molar-refractivity contribution in [3.63, 3.8) is 0 Å². The number of benzene rings is 1. The monoisotopic (exact) mass is 316 g/mol. The number of carbonyl (C=O) groups excluding carboxylic acids is 1. The van der Waals surface area contributed by atoms with Crippen molar-refractivity contribution < 1.29 is 14.3 Å². The normalized spacial score (nSPS) is 12.9. The SMILES string of the molecule is COC(=O)c1cc(I)cc2c1OCC=C2. The zero-order chi connectivity index (χ0) is 10.8. The molecular weight excluding hydrogens is 307 g/mol. The van der Waals surface area contributed by atoms with E-state index in [4.69, 9.17) is 9.47 Å². The second-order valence-electron chi connectivity index (χ2n) is 3.08. The highest BCUT2D eigenvalue weighted by molar-refractivity contribution is 14.1. The molecule has 1 aromatic rings. The first-order valence-corrected chi connectivity index (χ1v) is 5.51. The van der Waals surface area contributed by atoms with Crippen LogP contribution >= 0.6 is 22.6 Å². The standard InChI is InChI=1S/C11H9IO3/c1-14-11(13)9-6-8(12)5-7-3-2-4-15-10(7)9/h2-3,5-6H,4H2,1H3. The third-order valence-corrected chi connectivity index (χ3v) is 2.73. The number of hydrogen-bond acceptors (Lipinski definition) is 3. The number of fused-ring (bicyclic) bond motifs is 1. The quantitative estimate of drug-likeness (QED) is 0.590. The van der Waals surface area contributed by atoms with Gasteiger partial charge in [-0.2, -0.15) is 0 Å². The summed E-state index contributed by atoms with van der Waals surface area (Å²) in [5.41, 5.74) is 1.41. The van der Waals surface area contributed by atoms with E-state index in [0.29, 0.717) is 17.9 Å². The number of carbonyl (C=O) groups is 1. The molecule has 0 atom stereocenters. The van der Waals surface area contributed by atoms with Crippen molar-refractivity contribution in [3.05, 3.63) is 32.9 Å². The van der Waals surface area contributed by atoms with E-state index in [1.165, 1.54) is 7.11 Å². The van der Waals surface area contributed by atoms with Gasteiger partial charge in [0.15, 0.2) is 0 Å². The molecule has 2 rings (SSSR count). The number of methoxy groups -OCH3 is 1. The van der Waals surface area contributed by atoms with Crippen molar-refractivity contribution in [3.8, 4) is 5.75 Å². The Labute approximate surface area is 101 Å². The van der Waals surface area contributed by atoms with Crippen LogP contribution in [0.2, 0.25) is 0 Å². The van der Waals surface area contributed by atoms with Gasteiger partial charge >= 0.3 is 5.97 Å². The Kier molecular flexibility index (Phi) is 2.95. The largest absolute Gasteiger partial charge is 0.488 e. The lowest BCUT2D eigenvalue weighted by Crippen LogP contribution is -2.09. The Morgan fingerprint density at radius 2 is 2.33 bits per heavy atom. The van der Waals surface area contributed by atoms with Gasteiger partial charge in [-0.3, -0.25) is 0 Å². The molecule has 0 radical (unpaired) electrons. The highest BCUT2D eigenvalue weighted by Crippen LogP contribution is 2.30. The molecule has 1 aliphatic rings. The van der Waals surface area contributed by atoms with Gasteiger partial charge in [-0.25, -0.2) is 4.79 Å². The van der Waals surface area contributed by atoms with Gasteiger partial charge in [-0.05, 0) is 40.8 Å². The molecule has 1 heterocycles. The molecule has 0 N–H and O–H groups in total. The van der Waals surface area contributed by atoms with Crippen LogP contribution in [-0.4, -0.2) is 19.7 Å². The Hall–Kier alpha value is -1.04. The van der Waals surface area contributed by atoms with Crippen molar-refractivity contribution in [2.45, 2.75) is 0 Å². The molecule has 78 valence electrons. The minimum atomic E-state index is -0.361. The van der Waals surface area contributed by atoms with Crippen molar-refractivity contribution in [1.82, 2.24) is 0 Å². The maximum absolute atomic E-state index is 11.5. The molecule has 0 amide bonds. The fourth-order valence-corrected chi connectivity index (χ4v) is 2.11. The van der Waals surface area contributed by atoms with Crippen LogP contribution in [0.4, 0.5) is 0 Å². The second-order valence-corrected chi connectivity index (χ2v) is 4.32. The Balaban J connectivity index is 2.58. The molecule has 1 aliphatic heterocycles. The average Bonchev–Trinajstić information content (AvgIpc) is 2.26. The summed E-state index contributed by atoms with van der Waals surface area (Å²) in [7, 11) is 1.37. The maximum Gasteiger partial charge on any atom is 0.341 e. The van der Waals surface area contributed by atoms with Crippen LogP contribution in [0.1, 0.15) is 15.9 Å². The van der Waals surface area contributed by atoms with Gasteiger partial charge in [0.1, 0.15) is 17.9 Å². The third-order valence-electron chi connectivity index (χ3n) is 2.11. The maximum atomic E-state index is 11.5. The molecule has 0 saturated carbocycles. The van der Waals surface area contributed by atoms with Crippen LogP contribution < -0.4 is 4.74 Å². The number of hydrogen-bond donors (Lipinski definition) is 0. The third kappa shape index (κ3) is 1.99. The molecule has 0 bridgehead atoms. The van der Waals surface area contributed by atoms with Crippen LogP contribution in [0.25, 0.3) is 6.08 Å². The van der Waals surface area contributed by atoms with Crippen molar-refractivity contribution in [2.75, 3.05) is 13.7 Å². The van der Waals surface area contributed by atoms with Crippen molar-refractivity contribution in [2.24, 2.45) is 0 Å². The predicted molar refractivity (Wildman–Crippen MR) is 65.0 cm³/mol. The number of esters is 1. The highest BCUT2D eigenvalue weighted by Gasteiger charge is 2.18. The zero-order valence-electron chi connectivity index (χ0n) is 8.12. The lowest BCUT2D eigenvalue weighted by Gasteiger charge is -2.15. The fraction of sp³-hybridized carbons (Fsp3) is 0.182. The molecule has 0 saturated heterocycles. The minimum Gasteiger partial charge on any atom is -0.488 e. The summed E-state index contributed by atoms with van der Waals surface area (Å²) >= 11 is 2.16. The van der Waals surface area contributed by atoms with Gasteiger partial charge in [-0.1, -0.05) is 6.08 Å². The van der Waals surface area contributed by atoms with Crippen LogP contribution in [0.3, 0.4) is 0 Å². The molecule has 15 heavy (non-hydrogen) atoms. The van der Waals surface area contributed by atoms with Crippen LogP contribution in [0.5, 0.6) is 5.75 Å². The van der Waals surface area contributed by atoms with Crippen molar-refractivity contribution in [1.29, 1.82) is 0 Å². The molecule has 3 nitrogen and oxygen atoms in total. The smallest absolute Gasteiger partial charge is 0.341 e. The first-order chi connectivity index (χ1) is 7.22. The summed E-state index contributed by atoms with van der Waals surface area (Å²) in [4.78, 5) is 11.5. The number of halogens is 1. The summed E-state index contributed by atoms with van der Waals surface area (Å²) in [5, 5.41) is 0. The van der Waals surface area contributed by atoms with Crippen molar-refractivity contribution >= 4 is 34.6 Å². The first-order valence-electron chi connectivity index (χ1n) is 4.43. The zero-order valence-corrected chi connectivity index (χ0v) is 10.3. The van der Waals surface area contributed by atoms with E-state index in [0.717, 1.165) is 9.13 Å². The van der Waals surface area contributed by atoms with E-state index < -0.39 is 0 Å². The minimum absolute atomic E-state index is 0.361. The number of rotatable bonds is 1. The van der Waals surface area contributed by atoms with E-state index in [1.54, 1.807) is 6.07 Å². The van der Waals surface area contributed by atoms with E-state index >= 15 is 0 Å². The predicted octanol–water partition coefficient (Wildman–Crippen LogP) is 2.48. The molecule has 1 aromatic carbocycles. The van der Waals surface area contributed by atoms with E-state index in [1.807, 2.05) is 18.2 Å². The van der Waals surface area contributed by atoms with E-state index in [9.17, 15) is 4.79 Å². The first kappa shape index (κ1) is 10.5. The Morgan fingerprint density at radius 1 is 1.53 bits per heavy atom. The summed E-state index contributed by atoms with van der Waals surface area (Å²) < 4.78 is 11.1. The van der Waals surface area contributed by atoms with Crippen LogP contribution in [-0.2, 0) is 4.74 Å². The van der Waals surface area contributed by atoms with Gasteiger partial charge in [-0.15, -0.1) is 0 Å². The summed E-state index contributed by atoms with van der Waals surface area (Å²) in [5.74, 6) is 0.254. The molecule has 0 aliphatic carbocycles. The van der Waals surface area contributed by atoms with Crippen LogP contribution in [0.15, 0.2) is 18.2 Å².